The minimum Gasteiger partial charge on any atom is -0.449 e. The summed E-state index contributed by atoms with van der Waals surface area (Å²) in [6.07, 6.45) is 4.70. The van der Waals surface area contributed by atoms with Gasteiger partial charge < -0.3 is 20.7 Å². The Morgan fingerprint density at radius 2 is 1.44 bits per heavy atom. The van der Waals surface area contributed by atoms with Crippen LogP contribution in [0.25, 0.3) is 11.1 Å². The number of nitrogens with one attached hydrogen (secondary N) is 3. The van der Waals surface area contributed by atoms with E-state index in [2.05, 4.69) is 41.2 Å². The number of allylic oxidation sites excluding steroid dienone is 1. The van der Waals surface area contributed by atoms with E-state index in [0.29, 0.717) is 25.7 Å². The lowest BCUT2D eigenvalue weighted by Gasteiger charge is -2.23. The average molecular weight is 560 g/mol. The smallest absolute Gasteiger partial charge is 0.407 e. The second kappa shape index (κ2) is 15.6. The third-order valence-corrected chi connectivity index (χ3v) is 7.14. The van der Waals surface area contributed by atoms with E-state index < -0.39 is 35.8 Å². The van der Waals surface area contributed by atoms with Crippen molar-refractivity contribution in [3.05, 3.63) is 85.0 Å². The van der Waals surface area contributed by atoms with Crippen LogP contribution in [0, 0.1) is 5.92 Å². The first-order chi connectivity index (χ1) is 19.8. The van der Waals surface area contributed by atoms with E-state index in [-0.39, 0.29) is 31.4 Å². The number of Topliss-reactive ketones (excluding diaryl/α,β-unsaturated/α-hetero) is 1. The van der Waals surface area contributed by atoms with Gasteiger partial charge in [-0.05, 0) is 60.3 Å². The molecule has 3 amide bonds. The normalized spacial score (nSPS) is 13.3. The number of benzene rings is 2. The second-order valence-electron chi connectivity index (χ2n) is 10.6. The van der Waals surface area contributed by atoms with Gasteiger partial charge in [-0.3, -0.25) is 14.4 Å². The van der Waals surface area contributed by atoms with Gasteiger partial charge in [0.25, 0.3) is 5.91 Å². The summed E-state index contributed by atoms with van der Waals surface area (Å²) in [7, 11) is 0. The summed E-state index contributed by atoms with van der Waals surface area (Å²) >= 11 is 0. The fraction of sp³-hybridized carbons (Fsp3) is 0.394. The zero-order chi connectivity index (χ0) is 29.8. The highest BCUT2D eigenvalue weighted by atomic mass is 16.5. The first-order valence-corrected chi connectivity index (χ1v) is 14.2. The third-order valence-electron chi connectivity index (χ3n) is 7.14. The van der Waals surface area contributed by atoms with Crippen LogP contribution >= 0.6 is 0 Å². The SMILES string of the molecule is C=CCCNC(=O)C(=O)[C@H](CCC=C)NC(=O)C(CCC(C)C)NC(=O)OCC1c2ccccc2-c2ccccc21. The summed E-state index contributed by atoms with van der Waals surface area (Å²) in [5, 5.41) is 7.93. The van der Waals surface area contributed by atoms with Gasteiger partial charge in [-0.15, -0.1) is 13.2 Å². The number of carbonyl (C=O) groups excluding carboxylic acids is 4. The Morgan fingerprint density at radius 1 is 0.829 bits per heavy atom. The van der Waals surface area contributed by atoms with Gasteiger partial charge in [-0.25, -0.2) is 4.79 Å². The number of carbonyl (C=O) groups is 4. The predicted molar refractivity (Wildman–Crippen MR) is 160 cm³/mol. The Kier molecular flexibility index (Phi) is 11.9. The molecule has 0 saturated heterocycles. The van der Waals surface area contributed by atoms with E-state index in [1.165, 1.54) is 0 Å². The van der Waals surface area contributed by atoms with Crippen LogP contribution in [-0.2, 0) is 19.1 Å². The fourth-order valence-electron chi connectivity index (χ4n) is 4.91. The maximum atomic E-state index is 13.3. The Balaban J connectivity index is 1.67. The van der Waals surface area contributed by atoms with Gasteiger partial charge in [0.1, 0.15) is 12.6 Å². The topological polar surface area (TPSA) is 114 Å². The van der Waals surface area contributed by atoms with Gasteiger partial charge in [-0.1, -0.05) is 74.5 Å². The first-order valence-electron chi connectivity index (χ1n) is 14.2. The molecule has 1 aliphatic carbocycles. The number of amides is 3. The molecule has 2 aromatic carbocycles. The zero-order valence-corrected chi connectivity index (χ0v) is 24.0. The molecule has 2 atom stereocenters. The quantitative estimate of drug-likeness (QED) is 0.151. The predicted octanol–water partition coefficient (Wildman–Crippen LogP) is 5.04. The van der Waals surface area contributed by atoms with Gasteiger partial charge in [-0.2, -0.15) is 0 Å². The molecule has 0 saturated carbocycles. The molecule has 3 N–H and O–H groups in total. The standard InChI is InChI=1S/C33H41N3O5/c1-5-7-17-28(30(37)32(39)34-20-8-6-2)35-31(38)29(19-18-22(3)4)36-33(40)41-21-27-25-15-11-9-13-23(25)24-14-10-12-16-26(24)27/h5-6,9-16,22,27-29H,1-2,7-8,17-21H2,3-4H3,(H,34,39)(H,35,38)(H,36,40)/t28-,29?/m0/s1. The molecule has 2 aromatic rings. The lowest BCUT2D eigenvalue weighted by Crippen LogP contribution is -2.54. The van der Waals surface area contributed by atoms with Crippen LogP contribution in [0.4, 0.5) is 4.79 Å². The van der Waals surface area contributed by atoms with Crippen molar-refractivity contribution in [1.82, 2.24) is 16.0 Å². The van der Waals surface area contributed by atoms with E-state index in [4.69, 9.17) is 4.74 Å². The maximum Gasteiger partial charge on any atom is 0.407 e. The van der Waals surface area contributed by atoms with E-state index >= 15 is 0 Å². The van der Waals surface area contributed by atoms with Crippen molar-refractivity contribution >= 4 is 23.7 Å². The highest BCUT2D eigenvalue weighted by Crippen LogP contribution is 2.44. The van der Waals surface area contributed by atoms with E-state index in [0.717, 1.165) is 22.3 Å². The van der Waals surface area contributed by atoms with Crippen LogP contribution in [0.5, 0.6) is 0 Å². The lowest BCUT2D eigenvalue weighted by atomic mass is 9.98. The molecule has 41 heavy (non-hydrogen) atoms. The van der Waals surface area contributed by atoms with E-state index in [1.54, 1.807) is 12.2 Å². The molecule has 3 rings (SSSR count). The number of fused-ring (bicyclic) bond motifs is 3. The van der Waals surface area contributed by atoms with Crippen molar-refractivity contribution in [1.29, 1.82) is 0 Å². The summed E-state index contributed by atoms with van der Waals surface area (Å²) in [4.78, 5) is 51.5. The highest BCUT2D eigenvalue weighted by Gasteiger charge is 2.32. The molecule has 218 valence electrons. The molecule has 8 nitrogen and oxygen atoms in total. The number of ether oxygens (including phenoxy) is 1. The van der Waals surface area contributed by atoms with Crippen LogP contribution in [0.15, 0.2) is 73.8 Å². The Morgan fingerprint density at radius 3 is 2.02 bits per heavy atom. The Labute approximate surface area is 242 Å². The second-order valence-corrected chi connectivity index (χ2v) is 10.6. The molecule has 0 bridgehead atoms. The number of ketones is 1. The van der Waals surface area contributed by atoms with Crippen LogP contribution in [-0.4, -0.2) is 48.9 Å². The summed E-state index contributed by atoms with van der Waals surface area (Å²) in [5.74, 6) is -1.89. The van der Waals surface area contributed by atoms with Crippen molar-refractivity contribution in [3.8, 4) is 11.1 Å². The van der Waals surface area contributed by atoms with Crippen molar-refractivity contribution in [3.63, 3.8) is 0 Å². The lowest BCUT2D eigenvalue weighted by molar-refractivity contribution is -0.140. The molecule has 0 spiro atoms. The summed E-state index contributed by atoms with van der Waals surface area (Å²) < 4.78 is 5.66. The van der Waals surface area contributed by atoms with Gasteiger partial charge in [0.15, 0.2) is 0 Å². The molecule has 0 heterocycles. The highest BCUT2D eigenvalue weighted by molar-refractivity contribution is 6.38. The van der Waals surface area contributed by atoms with Crippen molar-refractivity contribution in [2.45, 2.75) is 64.0 Å². The van der Waals surface area contributed by atoms with Gasteiger partial charge >= 0.3 is 6.09 Å². The molecule has 0 radical (unpaired) electrons. The van der Waals surface area contributed by atoms with E-state index in [9.17, 15) is 19.2 Å². The van der Waals surface area contributed by atoms with E-state index in [1.807, 2.05) is 50.2 Å². The number of rotatable bonds is 16. The molecule has 1 aliphatic rings. The van der Waals surface area contributed by atoms with Gasteiger partial charge in [0.05, 0.1) is 6.04 Å². The Hall–Kier alpha value is -4.20. The van der Waals surface area contributed by atoms with Gasteiger partial charge in [0.2, 0.25) is 11.7 Å². The zero-order valence-electron chi connectivity index (χ0n) is 24.0. The van der Waals surface area contributed by atoms with Crippen LogP contribution < -0.4 is 16.0 Å². The van der Waals surface area contributed by atoms with Gasteiger partial charge in [0, 0.05) is 12.5 Å². The summed E-state index contributed by atoms with van der Waals surface area (Å²) in [6.45, 7) is 11.7. The maximum absolute atomic E-state index is 13.3. The molecular weight excluding hydrogens is 518 g/mol. The molecule has 0 fully saturated rings. The fourth-order valence-corrected chi connectivity index (χ4v) is 4.91. The molecular formula is C33H41N3O5. The first kappa shape index (κ1) is 31.3. The number of hydrogen-bond donors (Lipinski definition) is 3. The summed E-state index contributed by atoms with van der Waals surface area (Å²) in [6, 6.07) is 14.1. The minimum atomic E-state index is -1.05. The molecule has 0 aliphatic heterocycles. The van der Waals surface area contributed by atoms with Crippen molar-refractivity contribution < 1.29 is 23.9 Å². The van der Waals surface area contributed by atoms with Crippen LogP contribution in [0.1, 0.15) is 63.0 Å². The number of alkyl carbamates (subject to hydrolysis) is 1. The van der Waals surface area contributed by atoms with Crippen LogP contribution in [0.3, 0.4) is 0 Å². The largest absolute Gasteiger partial charge is 0.449 e. The minimum absolute atomic E-state index is 0.114. The van der Waals surface area contributed by atoms with Crippen LogP contribution in [0.2, 0.25) is 0 Å². The molecule has 0 aromatic heterocycles. The number of hydrogen-bond acceptors (Lipinski definition) is 5. The monoisotopic (exact) mass is 559 g/mol. The molecule has 8 heteroatoms. The molecule has 1 unspecified atom stereocenters. The Bertz CT molecular complexity index is 1210. The summed E-state index contributed by atoms with van der Waals surface area (Å²) in [5.41, 5.74) is 4.42. The van der Waals surface area contributed by atoms with Crippen molar-refractivity contribution in [2.24, 2.45) is 5.92 Å². The third kappa shape index (κ3) is 8.64. The van der Waals surface area contributed by atoms with Crippen molar-refractivity contribution in [2.75, 3.05) is 13.2 Å². The average Bonchev–Trinajstić information content (AvgIpc) is 3.29.